The van der Waals surface area contributed by atoms with Crippen molar-refractivity contribution in [2.75, 3.05) is 5.32 Å². The second kappa shape index (κ2) is 8.48. The highest BCUT2D eigenvalue weighted by Crippen LogP contribution is 2.28. The van der Waals surface area contributed by atoms with Gasteiger partial charge >= 0.3 is 6.08 Å². The highest BCUT2D eigenvalue weighted by molar-refractivity contribution is 6.31. The molecule has 2 heterocycles. The first-order valence-electron chi connectivity index (χ1n) is 10.2. The van der Waals surface area contributed by atoms with Crippen LogP contribution in [0.4, 0.5) is 5.95 Å². The van der Waals surface area contributed by atoms with Crippen LogP contribution in [-0.2, 0) is 11.8 Å². The van der Waals surface area contributed by atoms with Gasteiger partial charge in [-0.2, -0.15) is 4.98 Å². The Hall–Kier alpha value is -4.04. The van der Waals surface area contributed by atoms with Gasteiger partial charge in [0.05, 0.1) is 11.0 Å². The SMILES string of the molecule is C[C@@H](Oc1ccc(Oc2nc3ccc(Cl)cc3o2)cc1)C(=O)Nc1nc2ccccc2n1C. The number of halogens is 1. The summed E-state index contributed by atoms with van der Waals surface area (Å²) < 4.78 is 18.8. The third-order valence-electron chi connectivity index (χ3n) is 5.06. The monoisotopic (exact) mass is 462 g/mol. The van der Waals surface area contributed by atoms with E-state index in [9.17, 15) is 4.79 Å². The molecule has 0 bridgehead atoms. The molecule has 1 N–H and O–H groups in total. The maximum atomic E-state index is 12.6. The summed E-state index contributed by atoms with van der Waals surface area (Å²) in [6, 6.07) is 19.6. The van der Waals surface area contributed by atoms with Gasteiger partial charge in [-0.05, 0) is 55.5 Å². The molecule has 9 heteroatoms. The van der Waals surface area contributed by atoms with Crippen LogP contribution in [0.25, 0.3) is 22.1 Å². The number of oxazole rings is 1. The number of carbonyl (C=O) groups is 1. The van der Waals surface area contributed by atoms with E-state index in [2.05, 4.69) is 15.3 Å². The zero-order valence-corrected chi connectivity index (χ0v) is 18.5. The van der Waals surface area contributed by atoms with Crippen LogP contribution in [0.1, 0.15) is 6.92 Å². The molecule has 0 saturated heterocycles. The number of para-hydroxylation sites is 2. The number of ether oxygens (including phenoxy) is 2. The quantitative estimate of drug-likeness (QED) is 0.355. The molecule has 8 nitrogen and oxygen atoms in total. The minimum Gasteiger partial charge on any atom is -0.481 e. The van der Waals surface area contributed by atoms with Gasteiger partial charge in [0.2, 0.25) is 5.95 Å². The fourth-order valence-electron chi connectivity index (χ4n) is 3.33. The molecule has 1 atom stereocenters. The van der Waals surface area contributed by atoms with Gasteiger partial charge in [0.25, 0.3) is 5.91 Å². The first-order valence-corrected chi connectivity index (χ1v) is 10.6. The average Bonchev–Trinajstić information content (AvgIpc) is 3.35. The molecule has 0 saturated carbocycles. The fourth-order valence-corrected chi connectivity index (χ4v) is 3.50. The molecule has 0 aliphatic heterocycles. The Bertz CT molecular complexity index is 1460. The molecule has 0 aliphatic rings. The van der Waals surface area contributed by atoms with Crippen molar-refractivity contribution in [2.24, 2.45) is 7.05 Å². The van der Waals surface area contributed by atoms with Crippen LogP contribution in [0.15, 0.2) is 71.1 Å². The first kappa shape index (κ1) is 20.8. The lowest BCUT2D eigenvalue weighted by Crippen LogP contribution is -2.31. The lowest BCUT2D eigenvalue weighted by atomic mass is 10.3. The molecule has 0 aliphatic carbocycles. The maximum absolute atomic E-state index is 12.6. The molecule has 0 radical (unpaired) electrons. The number of rotatable bonds is 6. The Kier molecular flexibility index (Phi) is 5.35. The molecule has 3 aromatic carbocycles. The molecule has 5 aromatic rings. The van der Waals surface area contributed by atoms with Gasteiger partial charge in [0, 0.05) is 18.1 Å². The van der Waals surface area contributed by atoms with Gasteiger partial charge in [-0.15, -0.1) is 0 Å². The Morgan fingerprint density at radius 3 is 2.58 bits per heavy atom. The summed E-state index contributed by atoms with van der Waals surface area (Å²) in [6.45, 7) is 1.67. The van der Waals surface area contributed by atoms with Gasteiger partial charge in [0.1, 0.15) is 17.0 Å². The van der Waals surface area contributed by atoms with Crippen molar-refractivity contribution >= 4 is 45.6 Å². The molecule has 33 heavy (non-hydrogen) atoms. The smallest absolute Gasteiger partial charge is 0.400 e. The molecule has 0 spiro atoms. The van der Waals surface area contributed by atoms with Crippen LogP contribution in [0.5, 0.6) is 17.6 Å². The van der Waals surface area contributed by atoms with E-state index in [-0.39, 0.29) is 12.0 Å². The minimum absolute atomic E-state index is 0.108. The number of anilines is 1. The van der Waals surface area contributed by atoms with Crippen molar-refractivity contribution in [2.45, 2.75) is 13.0 Å². The number of fused-ring (bicyclic) bond motifs is 2. The van der Waals surface area contributed by atoms with Gasteiger partial charge in [0.15, 0.2) is 11.7 Å². The van der Waals surface area contributed by atoms with E-state index >= 15 is 0 Å². The normalized spacial score (nSPS) is 12.1. The van der Waals surface area contributed by atoms with Crippen LogP contribution in [-0.4, -0.2) is 26.5 Å². The number of imidazole rings is 1. The topological polar surface area (TPSA) is 91.4 Å². The van der Waals surface area contributed by atoms with Crippen molar-refractivity contribution < 1.29 is 18.7 Å². The summed E-state index contributed by atoms with van der Waals surface area (Å²) in [6.07, 6.45) is -0.630. The lowest BCUT2D eigenvalue weighted by molar-refractivity contribution is -0.122. The van der Waals surface area contributed by atoms with Gasteiger partial charge in [-0.25, -0.2) is 4.98 Å². The Morgan fingerprint density at radius 2 is 1.79 bits per heavy atom. The zero-order chi connectivity index (χ0) is 22.9. The second-order valence-electron chi connectivity index (χ2n) is 7.40. The number of aryl methyl sites for hydroxylation is 1. The highest BCUT2D eigenvalue weighted by atomic mass is 35.5. The fraction of sp³-hybridized carbons (Fsp3) is 0.125. The zero-order valence-electron chi connectivity index (χ0n) is 17.8. The van der Waals surface area contributed by atoms with Crippen molar-refractivity contribution in [1.29, 1.82) is 0 Å². The average molecular weight is 463 g/mol. The second-order valence-corrected chi connectivity index (χ2v) is 7.83. The molecular weight excluding hydrogens is 444 g/mol. The summed E-state index contributed by atoms with van der Waals surface area (Å²) >= 11 is 5.97. The molecule has 0 fully saturated rings. The van der Waals surface area contributed by atoms with E-state index in [1.165, 1.54) is 0 Å². The molecule has 166 valence electrons. The highest BCUT2D eigenvalue weighted by Gasteiger charge is 2.18. The van der Waals surface area contributed by atoms with Crippen molar-refractivity contribution in [3.05, 3.63) is 71.8 Å². The summed E-state index contributed by atoms with van der Waals surface area (Å²) in [4.78, 5) is 21.3. The van der Waals surface area contributed by atoms with Crippen molar-refractivity contribution in [1.82, 2.24) is 14.5 Å². The summed E-state index contributed by atoms with van der Waals surface area (Å²) in [5.41, 5.74) is 2.92. The number of nitrogens with one attached hydrogen (secondary N) is 1. The van der Waals surface area contributed by atoms with E-state index in [4.69, 9.17) is 25.5 Å². The van der Waals surface area contributed by atoms with E-state index in [0.29, 0.717) is 33.6 Å². The Balaban J connectivity index is 1.22. The number of hydrogen-bond donors (Lipinski definition) is 1. The van der Waals surface area contributed by atoms with E-state index in [1.807, 2.05) is 35.9 Å². The van der Waals surface area contributed by atoms with Gasteiger partial charge in [-0.3, -0.25) is 10.1 Å². The molecular formula is C24H19ClN4O4. The number of benzene rings is 3. The third-order valence-corrected chi connectivity index (χ3v) is 5.30. The third kappa shape index (κ3) is 4.33. The number of nitrogens with zero attached hydrogens (tertiary/aromatic N) is 3. The predicted molar refractivity (Wildman–Crippen MR) is 125 cm³/mol. The molecule has 2 aromatic heterocycles. The Labute approximate surface area is 193 Å². The van der Waals surface area contributed by atoms with Crippen LogP contribution >= 0.6 is 11.6 Å². The number of aromatic nitrogens is 3. The van der Waals surface area contributed by atoms with Crippen LogP contribution in [0.2, 0.25) is 5.02 Å². The summed E-state index contributed by atoms with van der Waals surface area (Å²) in [5, 5.41) is 3.37. The predicted octanol–water partition coefficient (Wildman–Crippen LogP) is 5.57. The minimum atomic E-state index is -0.738. The summed E-state index contributed by atoms with van der Waals surface area (Å²) in [5.74, 6) is 1.18. The van der Waals surface area contributed by atoms with Crippen LogP contribution < -0.4 is 14.8 Å². The van der Waals surface area contributed by atoms with Gasteiger partial charge in [-0.1, -0.05) is 23.7 Å². The lowest BCUT2D eigenvalue weighted by Gasteiger charge is -2.14. The number of carbonyl (C=O) groups excluding carboxylic acids is 1. The first-order chi connectivity index (χ1) is 16.0. The van der Waals surface area contributed by atoms with Crippen molar-refractivity contribution in [3.8, 4) is 17.6 Å². The maximum Gasteiger partial charge on any atom is 0.400 e. The number of amides is 1. The van der Waals surface area contributed by atoms with Gasteiger partial charge < -0.3 is 18.5 Å². The summed E-state index contributed by atoms with van der Waals surface area (Å²) in [7, 11) is 1.85. The van der Waals surface area contributed by atoms with Crippen LogP contribution in [0, 0.1) is 0 Å². The van der Waals surface area contributed by atoms with E-state index < -0.39 is 6.10 Å². The van der Waals surface area contributed by atoms with Crippen LogP contribution in [0.3, 0.4) is 0 Å². The number of hydrogen-bond acceptors (Lipinski definition) is 6. The van der Waals surface area contributed by atoms with E-state index in [1.54, 1.807) is 49.4 Å². The standard InChI is InChI=1S/C24H19ClN4O4/c1-14(22(30)28-23-26-18-5-3-4-6-20(18)29(23)2)31-16-8-10-17(11-9-16)32-24-27-19-12-7-15(25)13-21(19)33-24/h3-14H,1-2H3,(H,26,28,30)/t14-/m1/s1. The van der Waals surface area contributed by atoms with Crippen molar-refractivity contribution in [3.63, 3.8) is 0 Å². The van der Waals surface area contributed by atoms with E-state index in [0.717, 1.165) is 11.0 Å². The Morgan fingerprint density at radius 1 is 1.03 bits per heavy atom. The molecule has 1 amide bonds. The molecule has 0 unspecified atom stereocenters. The molecule has 5 rings (SSSR count). The largest absolute Gasteiger partial charge is 0.481 e.